The second kappa shape index (κ2) is 6.72. The van der Waals surface area contributed by atoms with E-state index in [1.807, 2.05) is 30.3 Å². The second-order valence-corrected chi connectivity index (χ2v) is 7.28. The number of carbonyl (C=O) groups is 1. The van der Waals surface area contributed by atoms with Gasteiger partial charge in [-0.2, -0.15) is 0 Å². The number of nitrogens with one attached hydrogen (secondary N) is 1. The highest BCUT2D eigenvalue weighted by molar-refractivity contribution is 7.80. The van der Waals surface area contributed by atoms with Gasteiger partial charge in [0.05, 0.1) is 6.04 Å². The molecule has 0 spiro atoms. The first-order valence-corrected chi connectivity index (χ1v) is 9.57. The Morgan fingerprint density at radius 1 is 1.23 bits per heavy atom. The third-order valence-corrected chi connectivity index (χ3v) is 5.58. The van der Waals surface area contributed by atoms with Crippen LogP contribution < -0.4 is 5.32 Å². The third kappa shape index (κ3) is 2.67. The van der Waals surface area contributed by atoms with E-state index >= 15 is 0 Å². The van der Waals surface area contributed by atoms with Gasteiger partial charge in [-0.15, -0.1) is 0 Å². The van der Waals surface area contributed by atoms with Crippen LogP contribution in [-0.2, 0) is 4.79 Å². The number of benzene rings is 2. The summed E-state index contributed by atoms with van der Waals surface area (Å²) in [4.78, 5) is 14.9. The van der Waals surface area contributed by atoms with Gasteiger partial charge in [0.1, 0.15) is 5.75 Å². The zero-order chi connectivity index (χ0) is 18.3. The van der Waals surface area contributed by atoms with Gasteiger partial charge < -0.3 is 15.3 Å². The van der Waals surface area contributed by atoms with E-state index < -0.39 is 6.04 Å². The van der Waals surface area contributed by atoms with Crippen LogP contribution in [0, 0.1) is 0 Å². The van der Waals surface area contributed by atoms with Crippen molar-refractivity contribution < 1.29 is 9.90 Å². The van der Waals surface area contributed by atoms with Crippen LogP contribution in [0.4, 0.5) is 0 Å². The van der Waals surface area contributed by atoms with Gasteiger partial charge in [-0.1, -0.05) is 37.3 Å². The second-order valence-electron chi connectivity index (χ2n) is 6.89. The van der Waals surface area contributed by atoms with Crippen LogP contribution in [0.2, 0.25) is 0 Å². The lowest BCUT2D eigenvalue weighted by molar-refractivity contribution is -0.116. The van der Waals surface area contributed by atoms with Crippen molar-refractivity contribution in [2.75, 3.05) is 6.54 Å². The maximum absolute atomic E-state index is 12.9. The summed E-state index contributed by atoms with van der Waals surface area (Å²) >= 11 is 5.63. The van der Waals surface area contributed by atoms with E-state index in [0.29, 0.717) is 11.5 Å². The van der Waals surface area contributed by atoms with Gasteiger partial charge in [0.15, 0.2) is 10.9 Å². The van der Waals surface area contributed by atoms with Gasteiger partial charge in [-0.05, 0) is 48.3 Å². The predicted octanol–water partition coefficient (Wildman–Crippen LogP) is 4.19. The van der Waals surface area contributed by atoms with Gasteiger partial charge in [-0.3, -0.25) is 4.79 Å². The van der Waals surface area contributed by atoms with Crippen LogP contribution in [0.15, 0.2) is 47.7 Å². The van der Waals surface area contributed by atoms with Crippen molar-refractivity contribution in [3.8, 4) is 5.75 Å². The maximum atomic E-state index is 12.9. The van der Waals surface area contributed by atoms with Crippen molar-refractivity contribution in [3.05, 3.63) is 53.2 Å². The predicted molar refractivity (Wildman–Crippen MR) is 107 cm³/mol. The highest BCUT2D eigenvalue weighted by atomic mass is 32.1. The number of Topliss-reactive ketones (excluding diaryl/α,β-unsaturated/α-hetero) is 1. The molecule has 1 unspecified atom stereocenters. The molecule has 134 valence electrons. The first kappa shape index (κ1) is 17.0. The normalized spacial score (nSPS) is 20.3. The van der Waals surface area contributed by atoms with Gasteiger partial charge in [0, 0.05) is 29.8 Å². The topological polar surface area (TPSA) is 52.6 Å². The fraction of sp³-hybridized carbons (Fsp3) is 0.333. The molecule has 1 atom stereocenters. The number of phenols is 1. The smallest absolute Gasteiger partial charge is 0.173 e. The van der Waals surface area contributed by atoms with Gasteiger partial charge in [0.25, 0.3) is 0 Å². The number of carbonyl (C=O) groups excluding carboxylic acids is 1. The van der Waals surface area contributed by atoms with Crippen molar-refractivity contribution in [2.24, 2.45) is 0 Å². The van der Waals surface area contributed by atoms with E-state index in [1.54, 1.807) is 6.07 Å². The van der Waals surface area contributed by atoms with Crippen molar-refractivity contribution in [1.29, 1.82) is 0 Å². The zero-order valence-corrected chi connectivity index (χ0v) is 15.6. The van der Waals surface area contributed by atoms with Crippen LogP contribution >= 0.6 is 12.2 Å². The third-order valence-electron chi connectivity index (χ3n) is 5.24. The molecule has 0 saturated heterocycles. The number of fused-ring (bicyclic) bond motifs is 1. The van der Waals surface area contributed by atoms with E-state index in [4.69, 9.17) is 12.2 Å². The van der Waals surface area contributed by atoms with Crippen LogP contribution in [0.1, 0.15) is 44.2 Å². The zero-order valence-electron chi connectivity index (χ0n) is 14.8. The number of allylic oxidation sites excluding steroid dienone is 1. The average molecular weight is 366 g/mol. The molecule has 2 aliphatic rings. The summed E-state index contributed by atoms with van der Waals surface area (Å²) in [5, 5.41) is 16.6. The Morgan fingerprint density at radius 2 is 2.04 bits per heavy atom. The molecule has 5 heteroatoms. The number of nitrogens with zero attached hydrogens (tertiary/aromatic N) is 1. The van der Waals surface area contributed by atoms with Crippen molar-refractivity contribution >= 4 is 33.9 Å². The number of hydrogen-bond acceptors (Lipinski definition) is 3. The molecule has 1 heterocycles. The summed E-state index contributed by atoms with van der Waals surface area (Å²) < 4.78 is 0. The van der Waals surface area contributed by atoms with Gasteiger partial charge >= 0.3 is 0 Å². The highest BCUT2D eigenvalue weighted by Gasteiger charge is 2.38. The molecule has 0 aromatic heterocycles. The Morgan fingerprint density at radius 3 is 2.85 bits per heavy atom. The fourth-order valence-corrected chi connectivity index (χ4v) is 4.43. The lowest BCUT2D eigenvalue weighted by Gasteiger charge is -2.41. The van der Waals surface area contributed by atoms with Crippen molar-refractivity contribution in [3.63, 3.8) is 0 Å². The Balaban J connectivity index is 1.95. The summed E-state index contributed by atoms with van der Waals surface area (Å²) in [6, 6.07) is 11.1. The van der Waals surface area contributed by atoms with Crippen LogP contribution in [-0.4, -0.2) is 27.4 Å². The number of hydrogen-bond donors (Lipinski definition) is 2. The molecule has 4 rings (SSSR count). The Hall–Kier alpha value is -2.40. The number of phenolic OH excluding ortho intramolecular Hbond substituents is 1. The number of aromatic hydroxyl groups is 1. The lowest BCUT2D eigenvalue weighted by Crippen LogP contribution is -2.49. The summed E-state index contributed by atoms with van der Waals surface area (Å²) in [5.41, 5.74) is 2.54. The molecule has 1 aliphatic heterocycles. The SMILES string of the molecule is CCCN1C(=S)NC(c2c(O)ccc3ccccc23)C2=C1CCCC2=O. The van der Waals surface area contributed by atoms with Gasteiger partial charge in [-0.25, -0.2) is 0 Å². The number of rotatable bonds is 3. The minimum atomic E-state index is -0.399. The van der Waals surface area contributed by atoms with E-state index in [9.17, 15) is 9.90 Å². The van der Waals surface area contributed by atoms with Crippen molar-refractivity contribution in [2.45, 2.75) is 38.6 Å². The first-order chi connectivity index (χ1) is 12.6. The molecule has 2 aromatic carbocycles. The standard InChI is InChI=1S/C21H22N2O2S/c1-2-12-23-15-8-5-9-16(24)19(15)20(22-21(23)26)18-14-7-4-3-6-13(14)10-11-17(18)25/h3-4,6-7,10-11,20,25H,2,5,8-9,12H2,1H3,(H,22,26). The van der Waals surface area contributed by atoms with E-state index in [-0.39, 0.29) is 11.5 Å². The first-order valence-electron chi connectivity index (χ1n) is 9.16. The molecule has 26 heavy (non-hydrogen) atoms. The van der Waals surface area contributed by atoms with Crippen LogP contribution in [0.25, 0.3) is 10.8 Å². The quantitative estimate of drug-likeness (QED) is 0.798. The molecule has 0 amide bonds. The molecule has 4 nitrogen and oxygen atoms in total. The number of thiocarbonyl (C=S) groups is 1. The molecule has 2 aromatic rings. The van der Waals surface area contributed by atoms with Crippen LogP contribution in [0.3, 0.4) is 0 Å². The highest BCUT2D eigenvalue weighted by Crippen LogP contribution is 2.42. The average Bonchev–Trinajstić information content (AvgIpc) is 2.64. The Kier molecular flexibility index (Phi) is 4.41. The minimum absolute atomic E-state index is 0.152. The molecule has 1 aliphatic carbocycles. The molecule has 0 saturated carbocycles. The lowest BCUT2D eigenvalue weighted by atomic mass is 9.83. The minimum Gasteiger partial charge on any atom is -0.508 e. The summed E-state index contributed by atoms with van der Waals surface area (Å²) in [6.45, 7) is 2.91. The van der Waals surface area contributed by atoms with Crippen LogP contribution in [0.5, 0.6) is 5.75 Å². The molecule has 0 fully saturated rings. The van der Waals surface area contributed by atoms with E-state index in [0.717, 1.165) is 53.4 Å². The molecular weight excluding hydrogens is 344 g/mol. The fourth-order valence-electron chi connectivity index (χ4n) is 4.11. The van der Waals surface area contributed by atoms with E-state index in [1.165, 1.54) is 0 Å². The summed E-state index contributed by atoms with van der Waals surface area (Å²) in [5.74, 6) is 0.345. The van der Waals surface area contributed by atoms with Gasteiger partial charge in [0.2, 0.25) is 0 Å². The molecule has 2 N–H and O–H groups in total. The maximum Gasteiger partial charge on any atom is 0.173 e. The summed E-state index contributed by atoms with van der Waals surface area (Å²) in [6.07, 6.45) is 3.21. The number of ketones is 1. The Bertz CT molecular complexity index is 935. The Labute approximate surface area is 158 Å². The molecular formula is C21H22N2O2S. The molecule has 0 radical (unpaired) electrons. The van der Waals surface area contributed by atoms with Crippen molar-refractivity contribution in [1.82, 2.24) is 10.2 Å². The summed E-state index contributed by atoms with van der Waals surface area (Å²) in [7, 11) is 0. The van der Waals surface area contributed by atoms with E-state index in [2.05, 4.69) is 17.1 Å². The molecule has 0 bridgehead atoms. The monoisotopic (exact) mass is 366 g/mol. The largest absolute Gasteiger partial charge is 0.508 e.